The number of aliphatic hydroxyl groups excluding tert-OH is 2. The second-order valence-corrected chi connectivity index (χ2v) is 13.2. The van der Waals surface area contributed by atoms with Gasteiger partial charge in [0.05, 0.1) is 37.4 Å². The highest BCUT2D eigenvalue weighted by Crippen LogP contribution is 2.22. The molecule has 0 aromatic heterocycles. The van der Waals surface area contributed by atoms with Crippen LogP contribution in [-0.2, 0) is 32.7 Å². The molecule has 4 aromatic rings. The van der Waals surface area contributed by atoms with Crippen LogP contribution in [0.3, 0.4) is 0 Å². The molecule has 0 unspecified atom stereocenters. The smallest absolute Gasteiger partial charge is 0.261 e. The van der Waals surface area contributed by atoms with Crippen LogP contribution in [0.1, 0.15) is 58.8 Å². The lowest BCUT2D eigenvalue weighted by Gasteiger charge is -2.14. The third-order valence-corrected chi connectivity index (χ3v) is 9.04. The first-order valence-electron chi connectivity index (χ1n) is 16.3. The minimum atomic E-state index is -3.78. The highest BCUT2D eigenvalue weighted by Gasteiger charge is 2.15. The fourth-order valence-corrected chi connectivity index (χ4v) is 6.06. The molecule has 0 aliphatic heterocycles. The second-order valence-electron chi connectivity index (χ2n) is 11.5. The van der Waals surface area contributed by atoms with E-state index in [9.17, 15) is 28.5 Å². The quantitative estimate of drug-likeness (QED) is 0.0632. The molecule has 12 heteroatoms. The molecule has 0 bridgehead atoms. The van der Waals surface area contributed by atoms with Crippen molar-refractivity contribution in [3.05, 3.63) is 119 Å². The van der Waals surface area contributed by atoms with Crippen LogP contribution in [0.15, 0.2) is 102 Å². The van der Waals surface area contributed by atoms with Crippen LogP contribution in [0, 0.1) is 0 Å². The van der Waals surface area contributed by atoms with Crippen LogP contribution in [0.5, 0.6) is 5.75 Å². The summed E-state index contributed by atoms with van der Waals surface area (Å²) in [5.41, 5.74) is 3.13. The summed E-state index contributed by atoms with van der Waals surface area (Å²) in [7, 11) is -3.78. The molecule has 262 valence electrons. The van der Waals surface area contributed by atoms with E-state index in [0.29, 0.717) is 55.4 Å². The average Bonchev–Trinajstić information content (AvgIpc) is 3.11. The van der Waals surface area contributed by atoms with Crippen LogP contribution in [0.25, 0.3) is 0 Å². The number of anilines is 2. The number of sulfonamides is 1. The van der Waals surface area contributed by atoms with Gasteiger partial charge >= 0.3 is 0 Å². The summed E-state index contributed by atoms with van der Waals surface area (Å²) >= 11 is 0. The zero-order chi connectivity index (χ0) is 34.9. The number of benzene rings is 4. The average molecular weight is 692 g/mol. The molecule has 0 aliphatic carbocycles. The van der Waals surface area contributed by atoms with Gasteiger partial charge in [0.15, 0.2) is 0 Å². The topological polar surface area (TPSA) is 166 Å². The Morgan fingerprint density at radius 1 is 0.776 bits per heavy atom. The molecule has 4 aromatic carbocycles. The number of rotatable bonds is 21. The summed E-state index contributed by atoms with van der Waals surface area (Å²) in [4.78, 5) is 13.1. The van der Waals surface area contributed by atoms with Gasteiger partial charge in [-0.15, -0.1) is 0 Å². The van der Waals surface area contributed by atoms with Gasteiger partial charge in [0.1, 0.15) is 5.75 Å². The summed E-state index contributed by atoms with van der Waals surface area (Å²) in [6.07, 6.45) is 3.30. The summed E-state index contributed by atoms with van der Waals surface area (Å²) in [5, 5.41) is 35.3. The lowest BCUT2D eigenvalue weighted by atomic mass is 10.1. The highest BCUT2D eigenvalue weighted by atomic mass is 32.2. The van der Waals surface area contributed by atoms with Gasteiger partial charge in [-0.1, -0.05) is 55.3 Å². The number of aliphatic hydroxyl groups is 2. The molecule has 4 rings (SSSR count). The van der Waals surface area contributed by atoms with E-state index in [1.807, 2.05) is 18.2 Å². The minimum absolute atomic E-state index is 0.0195. The van der Waals surface area contributed by atoms with Crippen LogP contribution in [0.4, 0.5) is 11.4 Å². The summed E-state index contributed by atoms with van der Waals surface area (Å²) in [5.74, 6) is -0.350. The highest BCUT2D eigenvalue weighted by molar-refractivity contribution is 7.92. The van der Waals surface area contributed by atoms with E-state index in [0.717, 1.165) is 37.8 Å². The molecule has 0 aliphatic rings. The third kappa shape index (κ3) is 12.6. The van der Waals surface area contributed by atoms with Crippen molar-refractivity contribution in [1.29, 1.82) is 0 Å². The maximum Gasteiger partial charge on any atom is 0.261 e. The lowest BCUT2D eigenvalue weighted by molar-refractivity contribution is 0.0393. The molecule has 49 heavy (non-hydrogen) atoms. The maximum absolute atomic E-state index is 12.9. The zero-order valence-electron chi connectivity index (χ0n) is 27.4. The van der Waals surface area contributed by atoms with Gasteiger partial charge in [0.2, 0.25) is 0 Å². The van der Waals surface area contributed by atoms with Crippen LogP contribution in [-0.4, -0.2) is 62.6 Å². The van der Waals surface area contributed by atoms with Crippen molar-refractivity contribution in [3.63, 3.8) is 0 Å². The Bertz CT molecular complexity index is 1720. The molecule has 0 fully saturated rings. The Balaban J connectivity index is 1.05. The lowest BCUT2D eigenvalue weighted by Crippen LogP contribution is -2.22. The van der Waals surface area contributed by atoms with E-state index in [-0.39, 0.29) is 28.8 Å². The number of amides is 1. The fraction of sp³-hybridized carbons (Fsp3) is 0.324. The molecule has 1 atom stereocenters. The zero-order valence-corrected chi connectivity index (χ0v) is 28.2. The number of carbonyl (C=O) groups is 1. The molecule has 0 saturated heterocycles. The summed E-state index contributed by atoms with van der Waals surface area (Å²) in [6.45, 7) is 2.84. The number of carbonyl (C=O) groups excluding carboxylic acids is 1. The predicted molar refractivity (Wildman–Crippen MR) is 189 cm³/mol. The van der Waals surface area contributed by atoms with Gasteiger partial charge in [-0.2, -0.15) is 0 Å². The first kappa shape index (κ1) is 37.5. The standard InChI is InChI=1S/C37H45N3O8S/c41-26-31-23-29(16-17-35(31)42)36(43)25-38-18-6-1-2-7-19-47-20-21-48-27-28-10-8-12-32(22-28)39-37(44)30-11-9-13-33(24-30)40-49(45,46)34-14-4-3-5-15-34/h3-5,8-17,22-24,36,38,40-43H,1-2,6-7,18-21,25-27H2,(H,39,44)/t36-/m1/s1. The Kier molecular flexibility index (Phi) is 15.0. The van der Waals surface area contributed by atoms with Crippen molar-refractivity contribution in [2.45, 2.75) is 49.9 Å². The third-order valence-electron chi connectivity index (χ3n) is 7.64. The Morgan fingerprint density at radius 3 is 2.35 bits per heavy atom. The van der Waals surface area contributed by atoms with Crippen LogP contribution < -0.4 is 15.4 Å². The monoisotopic (exact) mass is 691 g/mol. The number of hydrogen-bond acceptors (Lipinski definition) is 9. The largest absolute Gasteiger partial charge is 0.508 e. The van der Waals surface area contributed by atoms with Crippen molar-refractivity contribution >= 4 is 27.3 Å². The van der Waals surface area contributed by atoms with Gasteiger partial charge < -0.3 is 35.4 Å². The molecule has 0 spiro atoms. The van der Waals surface area contributed by atoms with Crippen molar-refractivity contribution < 1.29 is 38.0 Å². The van der Waals surface area contributed by atoms with Crippen molar-refractivity contribution in [2.75, 3.05) is 42.9 Å². The Hall–Kier alpha value is -4.30. The van der Waals surface area contributed by atoms with E-state index in [2.05, 4.69) is 15.4 Å². The molecular formula is C37H45N3O8S. The van der Waals surface area contributed by atoms with E-state index >= 15 is 0 Å². The SMILES string of the molecule is O=C(Nc1cccc(COCCOCCCCCCNC[C@@H](O)c2ccc(O)c(CO)c2)c1)c1cccc(NS(=O)(=O)c2ccccc2)c1. The summed E-state index contributed by atoms with van der Waals surface area (Å²) in [6, 6.07) is 26.4. The van der Waals surface area contributed by atoms with Crippen molar-refractivity contribution in [1.82, 2.24) is 5.32 Å². The molecule has 11 nitrogen and oxygen atoms in total. The Labute approximate surface area is 288 Å². The van der Waals surface area contributed by atoms with E-state index in [4.69, 9.17) is 9.47 Å². The van der Waals surface area contributed by atoms with Gasteiger partial charge in [0, 0.05) is 35.7 Å². The number of aromatic hydroxyl groups is 1. The summed E-state index contributed by atoms with van der Waals surface area (Å²) < 4.78 is 39.3. The van der Waals surface area contributed by atoms with E-state index in [1.165, 1.54) is 24.3 Å². The minimum Gasteiger partial charge on any atom is -0.508 e. The van der Waals surface area contributed by atoms with Gasteiger partial charge in [-0.05, 0) is 85.1 Å². The van der Waals surface area contributed by atoms with Crippen LogP contribution >= 0.6 is 0 Å². The van der Waals surface area contributed by atoms with Gasteiger partial charge in [-0.25, -0.2) is 8.42 Å². The maximum atomic E-state index is 12.9. The first-order valence-corrected chi connectivity index (χ1v) is 17.8. The predicted octanol–water partition coefficient (Wildman–Crippen LogP) is 5.35. The Morgan fingerprint density at radius 2 is 1.53 bits per heavy atom. The first-order chi connectivity index (χ1) is 23.7. The fourth-order valence-electron chi connectivity index (χ4n) is 4.99. The van der Waals surface area contributed by atoms with Crippen LogP contribution in [0.2, 0.25) is 0 Å². The number of nitrogens with one attached hydrogen (secondary N) is 3. The van der Waals surface area contributed by atoms with Gasteiger partial charge in [-0.3, -0.25) is 9.52 Å². The molecule has 1 amide bonds. The number of phenols is 1. The van der Waals surface area contributed by atoms with E-state index < -0.39 is 16.1 Å². The molecular weight excluding hydrogens is 646 g/mol. The van der Waals surface area contributed by atoms with Crippen molar-refractivity contribution in [2.24, 2.45) is 0 Å². The number of unbranched alkanes of at least 4 members (excludes halogenated alkanes) is 3. The molecule has 0 saturated carbocycles. The van der Waals surface area contributed by atoms with E-state index in [1.54, 1.807) is 54.6 Å². The molecule has 6 N–H and O–H groups in total. The number of ether oxygens (including phenoxy) is 2. The molecule has 0 radical (unpaired) electrons. The number of hydrogen-bond donors (Lipinski definition) is 6. The molecule has 0 heterocycles. The normalized spacial score (nSPS) is 12.0. The van der Waals surface area contributed by atoms with Crippen molar-refractivity contribution in [3.8, 4) is 5.75 Å². The van der Waals surface area contributed by atoms with Gasteiger partial charge in [0.25, 0.3) is 15.9 Å². The second kappa shape index (κ2) is 19.6.